The Morgan fingerprint density at radius 1 is 1.47 bits per heavy atom. The lowest BCUT2D eigenvalue weighted by Gasteiger charge is -2.17. The molecule has 17 heavy (non-hydrogen) atoms. The second kappa shape index (κ2) is 6.10. The van der Waals surface area contributed by atoms with Gasteiger partial charge < -0.3 is 5.32 Å². The lowest BCUT2D eigenvalue weighted by atomic mass is 10.0. The first-order valence-electron chi connectivity index (χ1n) is 6.15. The summed E-state index contributed by atoms with van der Waals surface area (Å²) in [6.07, 6.45) is 8.66. The Kier molecular flexibility index (Phi) is 5.06. The van der Waals surface area contributed by atoms with Gasteiger partial charge in [-0.1, -0.05) is 25.2 Å². The Balaban J connectivity index is 2.83. The summed E-state index contributed by atoms with van der Waals surface area (Å²) in [5.74, 6) is -2.76. The van der Waals surface area contributed by atoms with Gasteiger partial charge in [0, 0.05) is 18.5 Å². The minimum absolute atomic E-state index is 0.107. The fourth-order valence-electron chi connectivity index (χ4n) is 1.74. The van der Waals surface area contributed by atoms with Crippen molar-refractivity contribution in [2.24, 2.45) is 0 Å². The summed E-state index contributed by atoms with van der Waals surface area (Å²) < 4.78 is 26.6. The third-order valence-electron chi connectivity index (χ3n) is 2.81. The molecular weight excluding hydrogens is 220 g/mol. The van der Waals surface area contributed by atoms with Gasteiger partial charge in [-0.2, -0.15) is 0 Å². The third-order valence-corrected chi connectivity index (χ3v) is 2.81. The zero-order valence-electron chi connectivity index (χ0n) is 10.8. The summed E-state index contributed by atoms with van der Waals surface area (Å²) in [6.45, 7) is 5.93. The molecule has 0 aromatic heterocycles. The topological polar surface area (TPSA) is 12.0 Å². The fourth-order valence-corrected chi connectivity index (χ4v) is 1.74. The van der Waals surface area contributed by atoms with Crippen LogP contribution in [0.4, 0.5) is 8.78 Å². The lowest BCUT2D eigenvalue weighted by Crippen LogP contribution is -2.28. The number of halogens is 2. The van der Waals surface area contributed by atoms with Crippen molar-refractivity contribution in [1.29, 1.82) is 0 Å². The van der Waals surface area contributed by atoms with Gasteiger partial charge in [-0.3, -0.25) is 0 Å². The molecule has 0 aromatic carbocycles. The number of allylic oxidation sites excluding steroid dienone is 4. The molecule has 1 aliphatic rings. The zero-order valence-corrected chi connectivity index (χ0v) is 10.8. The van der Waals surface area contributed by atoms with E-state index < -0.39 is 5.92 Å². The van der Waals surface area contributed by atoms with Crippen molar-refractivity contribution >= 4 is 0 Å². The Hall–Kier alpha value is -0.960. The van der Waals surface area contributed by atoms with Crippen molar-refractivity contribution in [3.8, 4) is 0 Å². The molecule has 0 saturated carbocycles. The van der Waals surface area contributed by atoms with Crippen molar-refractivity contribution in [1.82, 2.24) is 5.32 Å². The van der Waals surface area contributed by atoms with Gasteiger partial charge in [-0.15, -0.1) is 0 Å². The number of nitrogens with one attached hydrogen (secondary N) is 1. The third kappa shape index (κ3) is 4.43. The molecule has 3 heteroatoms. The van der Waals surface area contributed by atoms with Gasteiger partial charge in [0.15, 0.2) is 0 Å². The monoisotopic (exact) mass is 241 g/mol. The Labute approximate surface area is 102 Å². The first-order chi connectivity index (χ1) is 7.95. The Morgan fingerprint density at radius 3 is 2.76 bits per heavy atom. The summed E-state index contributed by atoms with van der Waals surface area (Å²) in [5.41, 5.74) is 1.03. The highest BCUT2D eigenvalue weighted by atomic mass is 19.3. The predicted molar refractivity (Wildman–Crippen MR) is 68.3 cm³/mol. The van der Waals surface area contributed by atoms with E-state index in [9.17, 15) is 8.78 Å². The van der Waals surface area contributed by atoms with Gasteiger partial charge in [-0.25, -0.2) is 8.78 Å². The van der Waals surface area contributed by atoms with Crippen LogP contribution in [0.15, 0.2) is 35.5 Å². The zero-order chi connectivity index (χ0) is 12.9. The molecule has 96 valence electrons. The number of alkyl halides is 2. The highest BCUT2D eigenvalue weighted by Crippen LogP contribution is 2.28. The standard InChI is InChI=1S/C14H21F2N/c1-4-9-17-11(2)12-7-5-6-8-13(10-12)14(3,15)16/h5,7-8,10-11,17H,4,6,9H2,1-3H3/t11-/m0/s1. The van der Waals surface area contributed by atoms with Gasteiger partial charge in [0.1, 0.15) is 0 Å². The van der Waals surface area contributed by atoms with E-state index in [0.717, 1.165) is 25.5 Å². The molecule has 1 aliphatic carbocycles. The molecule has 1 atom stereocenters. The molecule has 0 fully saturated rings. The molecule has 1 nitrogen and oxygen atoms in total. The molecule has 0 spiro atoms. The minimum atomic E-state index is -2.76. The predicted octanol–water partition coefficient (Wildman–Crippen LogP) is 3.84. The second-order valence-corrected chi connectivity index (χ2v) is 4.51. The number of hydrogen-bond donors (Lipinski definition) is 1. The molecular formula is C14H21F2N. The highest BCUT2D eigenvalue weighted by Gasteiger charge is 2.26. The molecule has 0 radical (unpaired) electrons. The summed E-state index contributed by atoms with van der Waals surface area (Å²) in [7, 11) is 0. The van der Waals surface area contributed by atoms with E-state index in [1.807, 2.05) is 19.1 Å². The lowest BCUT2D eigenvalue weighted by molar-refractivity contribution is 0.0671. The van der Waals surface area contributed by atoms with Crippen molar-refractivity contribution in [2.75, 3.05) is 6.54 Å². The summed E-state index contributed by atoms with van der Waals surface area (Å²) in [6, 6.07) is 0.107. The second-order valence-electron chi connectivity index (χ2n) is 4.51. The molecule has 0 amide bonds. The normalized spacial score (nSPS) is 18.4. The highest BCUT2D eigenvalue weighted by molar-refractivity contribution is 5.39. The summed E-state index contributed by atoms with van der Waals surface area (Å²) >= 11 is 0. The molecule has 1 rings (SSSR count). The van der Waals surface area contributed by atoms with Gasteiger partial charge in [0.2, 0.25) is 0 Å². The van der Waals surface area contributed by atoms with Crippen LogP contribution in [0.5, 0.6) is 0 Å². The largest absolute Gasteiger partial charge is 0.310 e. The van der Waals surface area contributed by atoms with E-state index in [0.29, 0.717) is 6.42 Å². The van der Waals surface area contributed by atoms with Crippen LogP contribution in [0.3, 0.4) is 0 Å². The van der Waals surface area contributed by atoms with Crippen molar-refractivity contribution < 1.29 is 8.78 Å². The van der Waals surface area contributed by atoms with Crippen LogP contribution >= 0.6 is 0 Å². The van der Waals surface area contributed by atoms with Gasteiger partial charge >= 0.3 is 0 Å². The molecule has 0 bridgehead atoms. The smallest absolute Gasteiger partial charge is 0.270 e. The van der Waals surface area contributed by atoms with Crippen LogP contribution in [0.2, 0.25) is 0 Å². The Bertz CT molecular complexity index is 335. The van der Waals surface area contributed by atoms with Gasteiger partial charge in [-0.05, 0) is 38.0 Å². The van der Waals surface area contributed by atoms with E-state index in [1.165, 1.54) is 0 Å². The summed E-state index contributed by atoms with van der Waals surface area (Å²) in [5, 5.41) is 3.31. The van der Waals surface area contributed by atoms with Crippen molar-refractivity contribution in [3.63, 3.8) is 0 Å². The maximum atomic E-state index is 13.3. The van der Waals surface area contributed by atoms with E-state index >= 15 is 0 Å². The van der Waals surface area contributed by atoms with Crippen LogP contribution in [0.25, 0.3) is 0 Å². The van der Waals surface area contributed by atoms with E-state index in [2.05, 4.69) is 12.2 Å². The quantitative estimate of drug-likeness (QED) is 0.771. The maximum Gasteiger partial charge on any atom is 0.270 e. The maximum absolute atomic E-state index is 13.3. The molecule has 0 unspecified atom stereocenters. The molecule has 0 heterocycles. The van der Waals surface area contributed by atoms with Crippen LogP contribution in [-0.2, 0) is 0 Å². The molecule has 0 saturated heterocycles. The number of rotatable bonds is 5. The average Bonchev–Trinajstić information content (AvgIpc) is 2.50. The fraction of sp³-hybridized carbons (Fsp3) is 0.571. The van der Waals surface area contributed by atoms with E-state index in [4.69, 9.17) is 0 Å². The molecule has 0 aliphatic heterocycles. The molecule has 0 aromatic rings. The van der Waals surface area contributed by atoms with Crippen molar-refractivity contribution in [3.05, 3.63) is 35.5 Å². The van der Waals surface area contributed by atoms with Gasteiger partial charge in [0.25, 0.3) is 5.92 Å². The number of hydrogen-bond acceptors (Lipinski definition) is 1. The van der Waals surface area contributed by atoms with E-state index in [1.54, 1.807) is 12.2 Å². The van der Waals surface area contributed by atoms with E-state index in [-0.39, 0.29) is 11.6 Å². The van der Waals surface area contributed by atoms with Crippen LogP contribution < -0.4 is 5.32 Å². The van der Waals surface area contributed by atoms with Crippen molar-refractivity contribution in [2.45, 2.75) is 45.6 Å². The average molecular weight is 241 g/mol. The van der Waals surface area contributed by atoms with Crippen LogP contribution in [-0.4, -0.2) is 18.5 Å². The summed E-state index contributed by atoms with van der Waals surface area (Å²) in [4.78, 5) is 0. The van der Waals surface area contributed by atoms with Gasteiger partial charge in [0.05, 0.1) is 0 Å². The Morgan fingerprint density at radius 2 is 2.18 bits per heavy atom. The first kappa shape index (κ1) is 14.1. The van der Waals surface area contributed by atoms with Crippen LogP contribution in [0.1, 0.15) is 33.6 Å². The minimum Gasteiger partial charge on any atom is -0.310 e. The van der Waals surface area contributed by atoms with Crippen LogP contribution in [0, 0.1) is 0 Å². The SMILES string of the molecule is CCCN[C@@H](C)C1=CC(C(C)(F)F)=CCC=C1. The first-order valence-corrected chi connectivity index (χ1v) is 6.15. The molecule has 1 N–H and O–H groups in total.